The molecule has 142 valence electrons. The van der Waals surface area contributed by atoms with Crippen LogP contribution in [0, 0.1) is 0 Å². The maximum atomic E-state index is 5.59. The molecule has 1 aliphatic rings. The van der Waals surface area contributed by atoms with Gasteiger partial charge in [-0.2, -0.15) is 0 Å². The van der Waals surface area contributed by atoms with Crippen LogP contribution in [0.5, 0.6) is 5.75 Å². The van der Waals surface area contributed by atoms with Crippen molar-refractivity contribution in [3.05, 3.63) is 66.2 Å². The summed E-state index contributed by atoms with van der Waals surface area (Å²) in [6.45, 7) is 7.89. The number of hydrogen-bond donors (Lipinski definition) is 2. The highest BCUT2D eigenvalue weighted by atomic mass is 32.1. The van der Waals surface area contributed by atoms with E-state index in [1.165, 1.54) is 5.56 Å². The summed E-state index contributed by atoms with van der Waals surface area (Å²) in [4.78, 5) is 3.86. The molecule has 3 rings (SSSR count). The predicted octanol–water partition coefficient (Wildman–Crippen LogP) is 2.70. The minimum absolute atomic E-state index is 0.679. The molecule has 1 aliphatic heterocycles. The van der Waals surface area contributed by atoms with Crippen LogP contribution in [0.15, 0.2) is 60.7 Å². The molecule has 0 radical (unpaired) electrons. The Balaban J connectivity index is 1.41. The van der Waals surface area contributed by atoms with E-state index in [0.29, 0.717) is 6.61 Å². The van der Waals surface area contributed by atoms with Crippen LogP contribution in [-0.2, 0) is 0 Å². The fourth-order valence-corrected chi connectivity index (χ4v) is 3.46. The number of benzene rings is 2. The van der Waals surface area contributed by atoms with Gasteiger partial charge >= 0.3 is 0 Å². The zero-order valence-corrected chi connectivity index (χ0v) is 16.7. The standard InChI is InChI=1S/C22H27N3OS/c1-2-26-21-12-10-20(11-13-21)23-22(27)25-17-15-24(16-18-25)14-6-9-19-7-4-3-5-8-19/h3-13H,2,14-18H2,1H3,(H,23,27)/p+1/b9-6+. The van der Waals surface area contributed by atoms with Crippen molar-refractivity contribution in [3.8, 4) is 5.75 Å². The average molecular weight is 383 g/mol. The van der Waals surface area contributed by atoms with Gasteiger partial charge in [0, 0.05) is 5.69 Å². The third-order valence-electron chi connectivity index (χ3n) is 4.69. The number of thiocarbonyl (C=S) groups is 1. The lowest BCUT2D eigenvalue weighted by molar-refractivity contribution is -0.897. The van der Waals surface area contributed by atoms with Crippen molar-refractivity contribution >= 4 is 29.1 Å². The zero-order chi connectivity index (χ0) is 18.9. The average Bonchev–Trinajstić information content (AvgIpc) is 2.71. The first-order valence-corrected chi connectivity index (χ1v) is 9.99. The highest BCUT2D eigenvalue weighted by Crippen LogP contribution is 2.16. The molecular formula is C22H28N3OS+. The number of ether oxygens (including phenoxy) is 1. The minimum atomic E-state index is 0.679. The fourth-order valence-electron chi connectivity index (χ4n) is 3.16. The lowest BCUT2D eigenvalue weighted by Crippen LogP contribution is -3.14. The molecule has 0 atom stereocenters. The quantitative estimate of drug-likeness (QED) is 0.752. The van der Waals surface area contributed by atoms with Crippen LogP contribution in [0.1, 0.15) is 12.5 Å². The molecule has 1 heterocycles. The second kappa shape index (κ2) is 10.1. The lowest BCUT2D eigenvalue weighted by atomic mass is 10.2. The topological polar surface area (TPSA) is 28.9 Å². The van der Waals surface area contributed by atoms with Gasteiger partial charge in [-0.3, -0.25) is 0 Å². The Kier molecular flexibility index (Phi) is 7.25. The molecule has 0 bridgehead atoms. The Morgan fingerprint density at radius 2 is 1.81 bits per heavy atom. The molecule has 0 spiro atoms. The molecule has 0 unspecified atom stereocenters. The number of nitrogens with one attached hydrogen (secondary N) is 2. The van der Waals surface area contributed by atoms with Crippen LogP contribution >= 0.6 is 12.2 Å². The van der Waals surface area contributed by atoms with Gasteiger partial charge in [-0.05, 0) is 55.0 Å². The smallest absolute Gasteiger partial charge is 0.173 e. The van der Waals surface area contributed by atoms with E-state index in [0.717, 1.165) is 49.3 Å². The summed E-state index contributed by atoms with van der Waals surface area (Å²) in [6, 6.07) is 18.4. The molecule has 4 nitrogen and oxygen atoms in total. The van der Waals surface area contributed by atoms with E-state index in [2.05, 4.69) is 46.6 Å². The third kappa shape index (κ3) is 6.08. The summed E-state index contributed by atoms with van der Waals surface area (Å²) in [7, 11) is 0. The Bertz CT molecular complexity index is 738. The van der Waals surface area contributed by atoms with Crippen molar-refractivity contribution < 1.29 is 9.64 Å². The third-order valence-corrected chi connectivity index (χ3v) is 5.05. The number of piperazine rings is 1. The Morgan fingerprint density at radius 3 is 2.48 bits per heavy atom. The summed E-state index contributed by atoms with van der Waals surface area (Å²) in [6.07, 6.45) is 4.48. The molecule has 0 aromatic heterocycles. The van der Waals surface area contributed by atoms with Crippen LogP contribution in [0.4, 0.5) is 5.69 Å². The normalized spacial score (nSPS) is 15.1. The van der Waals surface area contributed by atoms with Gasteiger partial charge in [0.25, 0.3) is 0 Å². The first-order valence-electron chi connectivity index (χ1n) is 9.58. The van der Waals surface area contributed by atoms with E-state index in [9.17, 15) is 0 Å². The highest BCUT2D eigenvalue weighted by molar-refractivity contribution is 7.80. The van der Waals surface area contributed by atoms with E-state index in [1.54, 1.807) is 4.90 Å². The van der Waals surface area contributed by atoms with Gasteiger partial charge in [0.05, 0.1) is 39.3 Å². The molecule has 0 saturated carbocycles. The molecule has 27 heavy (non-hydrogen) atoms. The summed E-state index contributed by atoms with van der Waals surface area (Å²) in [5, 5.41) is 4.14. The van der Waals surface area contributed by atoms with Crippen LogP contribution in [0.2, 0.25) is 0 Å². The van der Waals surface area contributed by atoms with Gasteiger partial charge in [-0.25, -0.2) is 0 Å². The van der Waals surface area contributed by atoms with Gasteiger partial charge in [0.1, 0.15) is 5.75 Å². The first-order chi connectivity index (χ1) is 13.2. The van der Waals surface area contributed by atoms with Crippen molar-refractivity contribution in [2.75, 3.05) is 44.6 Å². The molecule has 0 amide bonds. The van der Waals surface area contributed by atoms with Gasteiger partial charge < -0.3 is 19.9 Å². The van der Waals surface area contributed by atoms with Gasteiger partial charge in [-0.1, -0.05) is 36.4 Å². The highest BCUT2D eigenvalue weighted by Gasteiger charge is 2.20. The number of rotatable bonds is 6. The first kappa shape index (κ1) is 19.4. The van der Waals surface area contributed by atoms with Crippen molar-refractivity contribution in [3.63, 3.8) is 0 Å². The molecule has 0 aliphatic carbocycles. The summed E-state index contributed by atoms with van der Waals surface area (Å²) in [5.41, 5.74) is 2.26. The number of hydrogen-bond acceptors (Lipinski definition) is 2. The van der Waals surface area contributed by atoms with E-state index in [4.69, 9.17) is 17.0 Å². The van der Waals surface area contributed by atoms with Crippen LogP contribution in [-0.4, -0.2) is 49.3 Å². The maximum Gasteiger partial charge on any atom is 0.173 e. The number of quaternary nitrogens is 1. The summed E-state index contributed by atoms with van der Waals surface area (Å²) in [5.74, 6) is 0.884. The molecular weight excluding hydrogens is 354 g/mol. The van der Waals surface area contributed by atoms with Crippen LogP contribution < -0.4 is 15.0 Å². The zero-order valence-electron chi connectivity index (χ0n) is 15.9. The number of nitrogens with zero attached hydrogens (tertiary/aromatic N) is 1. The van der Waals surface area contributed by atoms with Crippen molar-refractivity contribution in [2.45, 2.75) is 6.92 Å². The van der Waals surface area contributed by atoms with Gasteiger partial charge in [0.15, 0.2) is 5.11 Å². The summed E-state index contributed by atoms with van der Waals surface area (Å²) < 4.78 is 5.48. The minimum Gasteiger partial charge on any atom is -0.494 e. The molecule has 5 heteroatoms. The van der Waals surface area contributed by atoms with Crippen molar-refractivity contribution in [1.29, 1.82) is 0 Å². The number of anilines is 1. The molecule has 2 N–H and O–H groups in total. The van der Waals surface area contributed by atoms with E-state index < -0.39 is 0 Å². The Morgan fingerprint density at radius 1 is 1.11 bits per heavy atom. The van der Waals surface area contributed by atoms with Crippen LogP contribution in [0.25, 0.3) is 6.08 Å². The monoisotopic (exact) mass is 382 g/mol. The molecule has 1 fully saturated rings. The van der Waals surface area contributed by atoms with Gasteiger partial charge in [0.2, 0.25) is 0 Å². The lowest BCUT2D eigenvalue weighted by Gasteiger charge is -2.33. The Labute approximate surface area is 167 Å². The largest absolute Gasteiger partial charge is 0.494 e. The molecule has 1 saturated heterocycles. The SMILES string of the molecule is CCOc1ccc(NC(=S)N2CC[NH+](C/C=C/c3ccccc3)CC2)cc1. The predicted molar refractivity (Wildman–Crippen MR) is 116 cm³/mol. The second-order valence-electron chi connectivity index (χ2n) is 6.64. The molecule has 2 aromatic rings. The van der Waals surface area contributed by atoms with Gasteiger partial charge in [-0.15, -0.1) is 0 Å². The Hall–Kier alpha value is -2.37. The second-order valence-corrected chi connectivity index (χ2v) is 7.03. The molecule has 2 aromatic carbocycles. The van der Waals surface area contributed by atoms with Crippen LogP contribution in [0.3, 0.4) is 0 Å². The summed E-state index contributed by atoms with van der Waals surface area (Å²) >= 11 is 5.59. The maximum absolute atomic E-state index is 5.59. The fraction of sp³-hybridized carbons (Fsp3) is 0.318. The van der Waals surface area contributed by atoms with Crippen molar-refractivity contribution in [2.24, 2.45) is 0 Å². The van der Waals surface area contributed by atoms with E-state index in [1.807, 2.05) is 37.3 Å². The van der Waals surface area contributed by atoms with E-state index >= 15 is 0 Å². The van der Waals surface area contributed by atoms with Crippen molar-refractivity contribution in [1.82, 2.24) is 4.90 Å². The van der Waals surface area contributed by atoms with E-state index in [-0.39, 0.29) is 0 Å².